The van der Waals surface area contributed by atoms with E-state index in [4.69, 9.17) is 4.74 Å². The zero-order chi connectivity index (χ0) is 20.1. The summed E-state index contributed by atoms with van der Waals surface area (Å²) >= 11 is 0. The lowest BCUT2D eigenvalue weighted by atomic mass is 9.86. The van der Waals surface area contributed by atoms with Gasteiger partial charge in [-0.2, -0.15) is 4.73 Å². The molecule has 0 aliphatic carbocycles. The monoisotopic (exact) mass is 388 g/mol. The van der Waals surface area contributed by atoms with Crippen molar-refractivity contribution < 1.29 is 14.3 Å². The van der Waals surface area contributed by atoms with E-state index < -0.39 is 0 Å². The molecule has 4 rings (SSSR count). The second-order valence-corrected chi connectivity index (χ2v) is 7.31. The Hall–Kier alpha value is -3.18. The van der Waals surface area contributed by atoms with Crippen LogP contribution in [0.5, 0.6) is 0 Å². The number of aromatic nitrogens is 1. The second-order valence-electron chi connectivity index (χ2n) is 7.31. The third-order valence-electron chi connectivity index (χ3n) is 5.35. The fourth-order valence-electron chi connectivity index (χ4n) is 3.91. The summed E-state index contributed by atoms with van der Waals surface area (Å²) in [7, 11) is 0. The molecule has 1 fully saturated rings. The molecule has 1 amide bonds. The summed E-state index contributed by atoms with van der Waals surface area (Å²) < 4.78 is 6.69. The predicted molar refractivity (Wildman–Crippen MR) is 110 cm³/mol. The SMILES string of the molecule is O=C(c1ccc[n+]([O-])c1)N1CCO[C@@H](CC(c2ccccc2)c2ccccc2)C1. The lowest BCUT2D eigenvalue weighted by Crippen LogP contribution is -2.46. The summed E-state index contributed by atoms with van der Waals surface area (Å²) in [4.78, 5) is 14.6. The molecule has 1 aromatic heterocycles. The van der Waals surface area contributed by atoms with Gasteiger partial charge in [-0.3, -0.25) is 4.79 Å². The molecule has 0 spiro atoms. The second kappa shape index (κ2) is 8.88. The number of morpholine rings is 1. The number of carbonyl (C=O) groups excluding carboxylic acids is 1. The van der Waals surface area contributed by atoms with E-state index in [1.165, 1.54) is 23.5 Å². The van der Waals surface area contributed by atoms with Crippen LogP contribution in [0.2, 0.25) is 0 Å². The Morgan fingerprint density at radius 3 is 2.31 bits per heavy atom. The Morgan fingerprint density at radius 1 is 1.03 bits per heavy atom. The van der Waals surface area contributed by atoms with Crippen LogP contribution >= 0.6 is 0 Å². The average Bonchev–Trinajstić information content (AvgIpc) is 2.78. The topological polar surface area (TPSA) is 56.5 Å². The largest absolute Gasteiger partial charge is 0.619 e. The summed E-state index contributed by atoms with van der Waals surface area (Å²) in [5.41, 5.74) is 2.88. The van der Waals surface area contributed by atoms with Gasteiger partial charge in [0.25, 0.3) is 5.91 Å². The van der Waals surface area contributed by atoms with Gasteiger partial charge in [-0.1, -0.05) is 60.7 Å². The first-order valence-corrected chi connectivity index (χ1v) is 9.90. The van der Waals surface area contributed by atoms with Crippen molar-refractivity contribution in [1.29, 1.82) is 0 Å². The van der Waals surface area contributed by atoms with Crippen molar-refractivity contribution in [2.24, 2.45) is 0 Å². The van der Waals surface area contributed by atoms with Crippen LogP contribution < -0.4 is 4.73 Å². The van der Waals surface area contributed by atoms with Crippen LogP contribution in [0, 0.1) is 5.21 Å². The van der Waals surface area contributed by atoms with E-state index in [9.17, 15) is 10.0 Å². The van der Waals surface area contributed by atoms with Crippen LogP contribution in [0.1, 0.15) is 33.8 Å². The molecule has 3 aromatic rings. The van der Waals surface area contributed by atoms with Crippen LogP contribution in [0.3, 0.4) is 0 Å². The first-order chi connectivity index (χ1) is 14.2. The number of ether oxygens (including phenoxy) is 1. The average molecular weight is 388 g/mol. The molecule has 5 heteroatoms. The Balaban J connectivity index is 1.51. The van der Waals surface area contributed by atoms with Crippen LogP contribution in [-0.2, 0) is 4.74 Å². The van der Waals surface area contributed by atoms with Crippen LogP contribution in [0.4, 0.5) is 0 Å². The Bertz CT molecular complexity index is 907. The number of hydrogen-bond acceptors (Lipinski definition) is 3. The lowest BCUT2D eigenvalue weighted by molar-refractivity contribution is -0.605. The minimum Gasteiger partial charge on any atom is -0.619 e. The highest BCUT2D eigenvalue weighted by molar-refractivity contribution is 5.93. The minimum atomic E-state index is -0.125. The highest BCUT2D eigenvalue weighted by Gasteiger charge is 2.29. The molecule has 1 saturated heterocycles. The molecule has 1 atom stereocenters. The molecule has 29 heavy (non-hydrogen) atoms. The van der Waals surface area contributed by atoms with E-state index in [0.717, 1.165) is 6.42 Å². The fourth-order valence-corrected chi connectivity index (χ4v) is 3.91. The summed E-state index contributed by atoms with van der Waals surface area (Å²) in [6.07, 6.45) is 3.42. The lowest BCUT2D eigenvalue weighted by Gasteiger charge is -2.34. The van der Waals surface area contributed by atoms with Gasteiger partial charge in [0.05, 0.1) is 12.7 Å². The molecular weight excluding hydrogens is 364 g/mol. The molecule has 1 aliphatic rings. The first-order valence-electron chi connectivity index (χ1n) is 9.90. The maximum Gasteiger partial charge on any atom is 0.260 e. The van der Waals surface area contributed by atoms with Crippen molar-refractivity contribution in [3.63, 3.8) is 0 Å². The predicted octanol–water partition coefficient (Wildman–Crippen LogP) is 3.38. The third-order valence-corrected chi connectivity index (χ3v) is 5.35. The standard InChI is InChI=1S/C24H24N2O3/c27-24(21-12-7-13-26(28)17-21)25-14-15-29-22(18-25)16-23(19-8-3-1-4-9-19)20-10-5-2-6-11-20/h1-13,17,22-23H,14-16,18H2/t22-/m0/s1. The molecule has 2 aromatic carbocycles. The molecule has 0 saturated carbocycles. The summed E-state index contributed by atoms with van der Waals surface area (Å²) in [5, 5.41) is 11.5. The molecule has 5 nitrogen and oxygen atoms in total. The Morgan fingerprint density at radius 2 is 1.69 bits per heavy atom. The van der Waals surface area contributed by atoms with Gasteiger partial charge in [-0.05, 0) is 23.6 Å². The minimum absolute atomic E-state index is 0.0683. The van der Waals surface area contributed by atoms with E-state index in [0.29, 0.717) is 30.0 Å². The van der Waals surface area contributed by atoms with E-state index in [-0.39, 0.29) is 17.9 Å². The zero-order valence-corrected chi connectivity index (χ0v) is 16.2. The molecular formula is C24H24N2O3. The van der Waals surface area contributed by atoms with Crippen molar-refractivity contribution in [2.45, 2.75) is 18.4 Å². The summed E-state index contributed by atoms with van der Waals surface area (Å²) in [6, 6.07) is 24.1. The van der Waals surface area contributed by atoms with Crippen molar-refractivity contribution in [3.05, 3.63) is 107 Å². The summed E-state index contributed by atoms with van der Waals surface area (Å²) in [5.74, 6) is 0.0671. The van der Waals surface area contributed by atoms with Crippen molar-refractivity contribution >= 4 is 5.91 Å². The number of rotatable bonds is 5. The number of amides is 1. The van der Waals surface area contributed by atoms with Gasteiger partial charge in [0.1, 0.15) is 5.56 Å². The molecule has 0 bridgehead atoms. The quantitative estimate of drug-likeness (QED) is 0.497. The smallest absolute Gasteiger partial charge is 0.260 e. The van der Waals surface area contributed by atoms with Gasteiger partial charge >= 0.3 is 0 Å². The van der Waals surface area contributed by atoms with E-state index in [2.05, 4.69) is 48.5 Å². The number of pyridine rings is 1. The molecule has 0 N–H and O–H groups in total. The maximum atomic E-state index is 12.8. The Kier molecular flexibility index (Phi) is 5.86. The molecule has 148 valence electrons. The van der Waals surface area contributed by atoms with Gasteiger partial charge in [0.2, 0.25) is 0 Å². The first kappa shape index (κ1) is 19.2. The normalized spacial score (nSPS) is 16.7. The number of carbonyl (C=O) groups is 1. The number of hydrogen-bond donors (Lipinski definition) is 0. The molecule has 2 heterocycles. The van der Waals surface area contributed by atoms with Gasteiger partial charge in [-0.25, -0.2) is 0 Å². The van der Waals surface area contributed by atoms with Crippen molar-refractivity contribution in [2.75, 3.05) is 19.7 Å². The molecule has 0 radical (unpaired) electrons. The van der Waals surface area contributed by atoms with Gasteiger partial charge in [0.15, 0.2) is 12.4 Å². The molecule has 1 aliphatic heterocycles. The van der Waals surface area contributed by atoms with Crippen molar-refractivity contribution in [3.8, 4) is 0 Å². The Labute approximate surface area is 170 Å². The van der Waals surface area contributed by atoms with Gasteiger partial charge in [0, 0.05) is 25.1 Å². The zero-order valence-electron chi connectivity index (χ0n) is 16.2. The van der Waals surface area contributed by atoms with Gasteiger partial charge < -0.3 is 14.8 Å². The fraction of sp³-hybridized carbons (Fsp3) is 0.250. The highest BCUT2D eigenvalue weighted by atomic mass is 16.5. The maximum absolute atomic E-state index is 12.8. The number of nitrogens with zero attached hydrogens (tertiary/aromatic N) is 2. The van der Waals surface area contributed by atoms with Gasteiger partial charge in [-0.15, -0.1) is 0 Å². The van der Waals surface area contributed by atoms with Crippen LogP contribution in [-0.4, -0.2) is 36.6 Å². The molecule has 0 unspecified atom stereocenters. The summed E-state index contributed by atoms with van der Waals surface area (Å²) in [6.45, 7) is 1.55. The van der Waals surface area contributed by atoms with Crippen molar-refractivity contribution in [1.82, 2.24) is 4.90 Å². The highest BCUT2D eigenvalue weighted by Crippen LogP contribution is 2.31. The van der Waals surface area contributed by atoms with E-state index in [1.54, 1.807) is 17.0 Å². The number of benzene rings is 2. The van der Waals surface area contributed by atoms with Crippen LogP contribution in [0.25, 0.3) is 0 Å². The van der Waals surface area contributed by atoms with Crippen LogP contribution in [0.15, 0.2) is 85.2 Å². The van der Waals surface area contributed by atoms with E-state index in [1.807, 2.05) is 12.1 Å². The van der Waals surface area contributed by atoms with E-state index >= 15 is 0 Å². The third kappa shape index (κ3) is 4.63.